The fraction of sp³-hybridized carbons (Fsp3) is 0.444. The van der Waals surface area contributed by atoms with E-state index in [-0.39, 0.29) is 0 Å². The molecule has 0 aliphatic carbocycles. The van der Waals surface area contributed by atoms with Crippen LogP contribution in [0.5, 0.6) is 0 Å². The number of amidine groups is 1. The summed E-state index contributed by atoms with van der Waals surface area (Å²) in [5.41, 5.74) is 5.98. The zero-order valence-electron chi connectivity index (χ0n) is 8.33. The highest BCUT2D eigenvalue weighted by Gasteiger charge is 2.32. The van der Waals surface area contributed by atoms with Gasteiger partial charge in [-0.05, 0) is 13.0 Å². The first-order valence-corrected chi connectivity index (χ1v) is 4.09. The topological polar surface area (TPSA) is 56.4 Å². The van der Waals surface area contributed by atoms with E-state index in [0.717, 1.165) is 5.70 Å². The van der Waals surface area contributed by atoms with Crippen LogP contribution >= 0.6 is 0 Å². The van der Waals surface area contributed by atoms with Gasteiger partial charge in [0.25, 0.3) is 0 Å². The van der Waals surface area contributed by atoms with Gasteiger partial charge in [-0.25, -0.2) is 0 Å². The molecule has 0 bridgehead atoms. The molecule has 0 aromatic carbocycles. The second-order valence-electron chi connectivity index (χ2n) is 3.47. The van der Waals surface area contributed by atoms with E-state index in [0.29, 0.717) is 5.84 Å². The van der Waals surface area contributed by atoms with Crippen molar-refractivity contribution < 1.29 is 0 Å². The van der Waals surface area contributed by atoms with Gasteiger partial charge in [0, 0.05) is 26.0 Å². The molecular weight excluding hydrogens is 164 g/mol. The van der Waals surface area contributed by atoms with Gasteiger partial charge in [0.1, 0.15) is 11.5 Å². The summed E-state index contributed by atoms with van der Waals surface area (Å²) in [6, 6.07) is 0. The lowest BCUT2D eigenvalue weighted by Crippen LogP contribution is -2.58. The molecule has 72 valence electrons. The van der Waals surface area contributed by atoms with Gasteiger partial charge >= 0.3 is 0 Å². The third-order valence-electron chi connectivity index (χ3n) is 2.47. The summed E-state index contributed by atoms with van der Waals surface area (Å²) >= 11 is 0. The zero-order chi connectivity index (χ0) is 10.2. The summed E-state index contributed by atoms with van der Waals surface area (Å²) in [4.78, 5) is 3.48. The first-order valence-electron chi connectivity index (χ1n) is 4.09. The van der Waals surface area contributed by atoms with Gasteiger partial charge in [-0.15, -0.1) is 0 Å². The summed E-state index contributed by atoms with van der Waals surface area (Å²) < 4.78 is 0. The minimum absolute atomic E-state index is 0.338. The van der Waals surface area contributed by atoms with E-state index in [2.05, 4.69) is 6.58 Å². The standard InChI is InChI=1S/C9H16N4/c1-7-5-6-12(3)9(2,11)8(10)13(7)4/h5-6,10H,1,11H2,2-4H3. The average molecular weight is 180 g/mol. The zero-order valence-corrected chi connectivity index (χ0v) is 8.33. The molecule has 3 N–H and O–H groups in total. The Labute approximate surface area is 78.8 Å². The van der Waals surface area contributed by atoms with E-state index in [4.69, 9.17) is 11.1 Å². The molecule has 0 saturated carbocycles. The fourth-order valence-corrected chi connectivity index (χ4v) is 1.11. The van der Waals surface area contributed by atoms with Crippen molar-refractivity contribution in [3.8, 4) is 0 Å². The summed E-state index contributed by atoms with van der Waals surface area (Å²) in [7, 11) is 3.64. The summed E-state index contributed by atoms with van der Waals surface area (Å²) in [6.07, 6.45) is 3.67. The number of hydrogen-bond acceptors (Lipinski definition) is 3. The lowest BCUT2D eigenvalue weighted by Gasteiger charge is -2.36. The van der Waals surface area contributed by atoms with Crippen molar-refractivity contribution in [2.45, 2.75) is 12.6 Å². The maximum absolute atomic E-state index is 7.86. The molecule has 1 heterocycles. The van der Waals surface area contributed by atoms with Gasteiger partial charge in [-0.1, -0.05) is 6.58 Å². The van der Waals surface area contributed by atoms with Gasteiger partial charge in [0.05, 0.1) is 0 Å². The summed E-state index contributed by atoms with van der Waals surface area (Å²) in [6.45, 7) is 5.62. The number of nitrogens with one attached hydrogen (secondary N) is 1. The highest BCUT2D eigenvalue weighted by atomic mass is 15.3. The molecule has 0 spiro atoms. The molecule has 1 aliphatic rings. The number of rotatable bonds is 0. The Morgan fingerprint density at radius 2 is 2.08 bits per heavy atom. The molecule has 13 heavy (non-hydrogen) atoms. The van der Waals surface area contributed by atoms with Crippen molar-refractivity contribution in [3.63, 3.8) is 0 Å². The molecule has 4 heteroatoms. The highest BCUT2D eigenvalue weighted by molar-refractivity contribution is 5.89. The normalized spacial score (nSPS) is 29.5. The number of nitrogens with zero attached hydrogens (tertiary/aromatic N) is 2. The largest absolute Gasteiger partial charge is 0.357 e. The minimum atomic E-state index is -0.773. The van der Waals surface area contributed by atoms with Crippen LogP contribution in [-0.2, 0) is 0 Å². The van der Waals surface area contributed by atoms with Crippen LogP contribution in [0.4, 0.5) is 0 Å². The van der Waals surface area contributed by atoms with Crippen LogP contribution in [0.25, 0.3) is 0 Å². The Kier molecular flexibility index (Phi) is 2.17. The van der Waals surface area contributed by atoms with Crippen LogP contribution in [0, 0.1) is 5.41 Å². The van der Waals surface area contributed by atoms with Gasteiger partial charge in [0.15, 0.2) is 0 Å². The second kappa shape index (κ2) is 2.88. The van der Waals surface area contributed by atoms with E-state index in [1.165, 1.54) is 0 Å². The van der Waals surface area contributed by atoms with Crippen molar-refractivity contribution in [3.05, 3.63) is 24.6 Å². The molecule has 0 aromatic rings. The third-order valence-corrected chi connectivity index (χ3v) is 2.47. The Balaban J connectivity index is 3.10. The lowest BCUT2D eigenvalue weighted by molar-refractivity contribution is 0.279. The van der Waals surface area contributed by atoms with Crippen molar-refractivity contribution >= 4 is 5.84 Å². The summed E-state index contributed by atoms with van der Waals surface area (Å²) in [5, 5.41) is 7.86. The SMILES string of the molecule is C=C1C=CN(C)C(C)(N)C(=N)N1C. The number of allylic oxidation sites excluding steroid dienone is 1. The van der Waals surface area contributed by atoms with Crippen LogP contribution in [0.3, 0.4) is 0 Å². The Morgan fingerprint density at radius 3 is 2.62 bits per heavy atom. The van der Waals surface area contributed by atoms with Gasteiger partial charge < -0.3 is 15.5 Å². The van der Waals surface area contributed by atoms with Crippen molar-refractivity contribution in [1.29, 1.82) is 5.41 Å². The van der Waals surface area contributed by atoms with Gasteiger partial charge in [-0.2, -0.15) is 0 Å². The number of likely N-dealkylation sites (N-methyl/N-ethyl adjacent to an activating group) is 2. The van der Waals surface area contributed by atoms with E-state index < -0.39 is 5.66 Å². The third kappa shape index (κ3) is 1.45. The van der Waals surface area contributed by atoms with Crippen molar-refractivity contribution in [2.75, 3.05) is 14.1 Å². The van der Waals surface area contributed by atoms with Crippen molar-refractivity contribution in [2.24, 2.45) is 5.73 Å². The highest BCUT2D eigenvalue weighted by Crippen LogP contribution is 2.17. The molecule has 0 radical (unpaired) electrons. The maximum atomic E-state index is 7.86. The Hall–Kier alpha value is -1.29. The first kappa shape index (κ1) is 9.80. The molecule has 1 atom stereocenters. The molecule has 0 fully saturated rings. The van der Waals surface area contributed by atoms with E-state index in [1.54, 1.807) is 23.8 Å². The average Bonchev–Trinajstić information content (AvgIpc) is 2.13. The van der Waals surface area contributed by atoms with Gasteiger partial charge in [-0.3, -0.25) is 5.41 Å². The molecule has 0 aromatic heterocycles. The lowest BCUT2D eigenvalue weighted by atomic mass is 10.1. The van der Waals surface area contributed by atoms with Crippen molar-refractivity contribution in [1.82, 2.24) is 9.80 Å². The Bertz CT molecular complexity index is 277. The van der Waals surface area contributed by atoms with E-state index >= 15 is 0 Å². The number of nitrogens with two attached hydrogens (primary N) is 1. The molecule has 0 saturated heterocycles. The monoisotopic (exact) mass is 180 g/mol. The minimum Gasteiger partial charge on any atom is -0.357 e. The predicted octanol–water partition coefficient (Wildman–Crippen LogP) is 0.543. The van der Waals surface area contributed by atoms with E-state index in [9.17, 15) is 0 Å². The smallest absolute Gasteiger partial charge is 0.144 e. The summed E-state index contributed by atoms with van der Waals surface area (Å²) in [5.74, 6) is 0.338. The van der Waals surface area contributed by atoms with Crippen LogP contribution in [0.2, 0.25) is 0 Å². The molecular formula is C9H16N4. The van der Waals surface area contributed by atoms with E-state index in [1.807, 2.05) is 19.3 Å². The Morgan fingerprint density at radius 1 is 1.54 bits per heavy atom. The van der Waals surface area contributed by atoms with Crippen LogP contribution in [0.15, 0.2) is 24.6 Å². The first-order chi connectivity index (χ1) is 5.87. The molecule has 1 aliphatic heterocycles. The molecule has 4 nitrogen and oxygen atoms in total. The quantitative estimate of drug-likeness (QED) is 0.572. The fourth-order valence-electron chi connectivity index (χ4n) is 1.11. The van der Waals surface area contributed by atoms with Crippen LogP contribution < -0.4 is 5.73 Å². The van der Waals surface area contributed by atoms with Crippen LogP contribution in [-0.4, -0.2) is 35.4 Å². The maximum Gasteiger partial charge on any atom is 0.144 e. The predicted molar refractivity (Wildman–Crippen MR) is 54.1 cm³/mol. The van der Waals surface area contributed by atoms with Gasteiger partial charge in [0.2, 0.25) is 0 Å². The van der Waals surface area contributed by atoms with Crippen LogP contribution in [0.1, 0.15) is 6.92 Å². The molecule has 0 amide bonds. The molecule has 1 unspecified atom stereocenters. The molecule has 1 rings (SSSR count). The second-order valence-corrected chi connectivity index (χ2v) is 3.47. The number of hydrogen-bond donors (Lipinski definition) is 2.